The maximum Gasteiger partial charge on any atom is 0.220 e. The molecule has 0 rings (SSSR count). The Balaban J connectivity index is 3.69. The third-order valence-corrected chi connectivity index (χ3v) is 2.31. The van der Waals surface area contributed by atoms with Gasteiger partial charge >= 0.3 is 0 Å². The Labute approximate surface area is 81.5 Å². The van der Waals surface area contributed by atoms with E-state index >= 15 is 0 Å². The second kappa shape index (κ2) is 6.89. The number of rotatable bonds is 6. The van der Waals surface area contributed by atoms with Gasteiger partial charge in [-0.05, 0) is 33.0 Å². The van der Waals surface area contributed by atoms with E-state index < -0.39 is 0 Å². The molecule has 0 heterocycles. The molecule has 0 fully saturated rings. The summed E-state index contributed by atoms with van der Waals surface area (Å²) in [6, 6.07) is 0. The molecular weight excluding hydrogens is 164 g/mol. The first kappa shape index (κ1) is 12.4. The van der Waals surface area contributed by atoms with Crippen molar-refractivity contribution in [2.24, 2.45) is 5.92 Å². The molecule has 78 valence electrons. The van der Waals surface area contributed by atoms with E-state index in [2.05, 4.69) is 31.2 Å². The fraction of sp³-hybridized carbons (Fsp3) is 0.900. The molecule has 1 unspecified atom stereocenters. The maximum atomic E-state index is 11.1. The monoisotopic (exact) mass is 186 g/mol. The molecule has 0 spiro atoms. The molecule has 0 aromatic carbocycles. The standard InChI is InChI=1S/C10H22N2O/c1-5-9(6-7-12(3)4)8-10(13)11-2/h9H,5-8H2,1-4H3,(H,11,13). The number of nitrogens with zero attached hydrogens (tertiary/aromatic N) is 1. The molecule has 1 amide bonds. The number of carbonyl (C=O) groups is 1. The molecule has 0 aromatic heterocycles. The van der Waals surface area contributed by atoms with E-state index in [0.29, 0.717) is 12.3 Å². The van der Waals surface area contributed by atoms with E-state index in [1.54, 1.807) is 7.05 Å². The van der Waals surface area contributed by atoms with Crippen LogP contribution in [0, 0.1) is 5.92 Å². The van der Waals surface area contributed by atoms with Crippen LogP contribution in [0.15, 0.2) is 0 Å². The van der Waals surface area contributed by atoms with Crippen molar-refractivity contribution >= 4 is 5.91 Å². The van der Waals surface area contributed by atoms with Crippen molar-refractivity contribution in [3.05, 3.63) is 0 Å². The zero-order chi connectivity index (χ0) is 10.3. The van der Waals surface area contributed by atoms with Crippen LogP contribution in [0.4, 0.5) is 0 Å². The average Bonchev–Trinajstić information content (AvgIpc) is 2.11. The van der Waals surface area contributed by atoms with Gasteiger partial charge in [-0.25, -0.2) is 0 Å². The Hall–Kier alpha value is -0.570. The van der Waals surface area contributed by atoms with Gasteiger partial charge < -0.3 is 10.2 Å². The Kier molecular flexibility index (Phi) is 6.59. The molecule has 0 bridgehead atoms. The first-order chi connectivity index (χ1) is 6.10. The van der Waals surface area contributed by atoms with Crippen LogP contribution in [0.3, 0.4) is 0 Å². The van der Waals surface area contributed by atoms with Crippen LogP contribution in [0.5, 0.6) is 0 Å². The topological polar surface area (TPSA) is 32.3 Å². The summed E-state index contributed by atoms with van der Waals surface area (Å²) in [4.78, 5) is 13.3. The van der Waals surface area contributed by atoms with Crippen LogP contribution in [-0.2, 0) is 4.79 Å². The van der Waals surface area contributed by atoms with E-state index in [1.807, 2.05) is 0 Å². The molecule has 0 aromatic rings. The summed E-state index contributed by atoms with van der Waals surface area (Å²) in [5.41, 5.74) is 0. The van der Waals surface area contributed by atoms with Crippen LogP contribution in [0.2, 0.25) is 0 Å². The normalized spacial score (nSPS) is 13.0. The number of amides is 1. The lowest BCUT2D eigenvalue weighted by atomic mass is 9.98. The van der Waals surface area contributed by atoms with Gasteiger partial charge in [0.15, 0.2) is 0 Å². The molecule has 1 N–H and O–H groups in total. The van der Waals surface area contributed by atoms with E-state index in [0.717, 1.165) is 19.4 Å². The fourth-order valence-corrected chi connectivity index (χ4v) is 1.26. The van der Waals surface area contributed by atoms with E-state index in [1.165, 1.54) is 0 Å². The van der Waals surface area contributed by atoms with Gasteiger partial charge in [0.1, 0.15) is 0 Å². The smallest absolute Gasteiger partial charge is 0.220 e. The summed E-state index contributed by atoms with van der Waals surface area (Å²) >= 11 is 0. The highest BCUT2D eigenvalue weighted by molar-refractivity contribution is 5.75. The van der Waals surface area contributed by atoms with Crippen molar-refractivity contribution in [1.29, 1.82) is 0 Å². The Bertz CT molecular complexity index is 146. The van der Waals surface area contributed by atoms with Gasteiger partial charge in [-0.15, -0.1) is 0 Å². The van der Waals surface area contributed by atoms with Crippen molar-refractivity contribution in [2.45, 2.75) is 26.2 Å². The van der Waals surface area contributed by atoms with Crippen LogP contribution in [-0.4, -0.2) is 38.5 Å². The summed E-state index contributed by atoms with van der Waals surface area (Å²) in [6.45, 7) is 3.21. The summed E-state index contributed by atoms with van der Waals surface area (Å²) in [7, 11) is 5.82. The summed E-state index contributed by atoms with van der Waals surface area (Å²) in [6.07, 6.45) is 2.86. The van der Waals surface area contributed by atoms with Crippen LogP contribution in [0.25, 0.3) is 0 Å². The molecule has 0 aliphatic rings. The Morgan fingerprint density at radius 3 is 2.46 bits per heavy atom. The van der Waals surface area contributed by atoms with Crippen molar-refractivity contribution in [1.82, 2.24) is 10.2 Å². The minimum Gasteiger partial charge on any atom is -0.359 e. The van der Waals surface area contributed by atoms with Crippen molar-refractivity contribution in [3.63, 3.8) is 0 Å². The maximum absolute atomic E-state index is 11.1. The lowest BCUT2D eigenvalue weighted by molar-refractivity contribution is -0.121. The minimum absolute atomic E-state index is 0.158. The number of carbonyl (C=O) groups excluding carboxylic acids is 1. The van der Waals surface area contributed by atoms with E-state index in [-0.39, 0.29) is 5.91 Å². The molecule has 0 saturated heterocycles. The quantitative estimate of drug-likeness (QED) is 0.673. The average molecular weight is 186 g/mol. The van der Waals surface area contributed by atoms with Crippen molar-refractivity contribution in [3.8, 4) is 0 Å². The minimum atomic E-state index is 0.158. The third kappa shape index (κ3) is 6.58. The molecule has 0 aliphatic heterocycles. The predicted molar refractivity (Wildman–Crippen MR) is 55.6 cm³/mol. The van der Waals surface area contributed by atoms with Gasteiger partial charge in [0, 0.05) is 13.5 Å². The molecule has 3 heteroatoms. The Morgan fingerprint density at radius 1 is 1.46 bits per heavy atom. The van der Waals surface area contributed by atoms with Crippen molar-refractivity contribution in [2.75, 3.05) is 27.7 Å². The van der Waals surface area contributed by atoms with Gasteiger partial charge in [-0.1, -0.05) is 13.3 Å². The van der Waals surface area contributed by atoms with Gasteiger partial charge in [0.25, 0.3) is 0 Å². The summed E-state index contributed by atoms with van der Waals surface area (Å²) < 4.78 is 0. The number of hydrogen-bond donors (Lipinski definition) is 1. The highest BCUT2D eigenvalue weighted by atomic mass is 16.1. The fourth-order valence-electron chi connectivity index (χ4n) is 1.26. The highest BCUT2D eigenvalue weighted by Gasteiger charge is 2.10. The second-order valence-electron chi connectivity index (χ2n) is 3.74. The molecule has 0 radical (unpaired) electrons. The van der Waals surface area contributed by atoms with Gasteiger partial charge in [0.2, 0.25) is 5.91 Å². The number of nitrogens with one attached hydrogen (secondary N) is 1. The molecule has 1 atom stereocenters. The molecule has 0 saturated carbocycles. The predicted octanol–water partition coefficient (Wildman–Crippen LogP) is 1.10. The lowest BCUT2D eigenvalue weighted by Crippen LogP contribution is -2.23. The van der Waals surface area contributed by atoms with Crippen LogP contribution in [0.1, 0.15) is 26.2 Å². The second-order valence-corrected chi connectivity index (χ2v) is 3.74. The largest absolute Gasteiger partial charge is 0.359 e. The van der Waals surface area contributed by atoms with Gasteiger partial charge in [-0.3, -0.25) is 4.79 Å². The highest BCUT2D eigenvalue weighted by Crippen LogP contribution is 2.12. The molecular formula is C10H22N2O. The zero-order valence-electron chi connectivity index (χ0n) is 9.26. The Morgan fingerprint density at radius 2 is 2.08 bits per heavy atom. The SMILES string of the molecule is CCC(CCN(C)C)CC(=O)NC. The molecule has 3 nitrogen and oxygen atoms in total. The summed E-state index contributed by atoms with van der Waals surface area (Å²) in [5.74, 6) is 0.688. The van der Waals surface area contributed by atoms with Crippen LogP contribution < -0.4 is 5.32 Å². The number of hydrogen-bond acceptors (Lipinski definition) is 2. The summed E-state index contributed by atoms with van der Waals surface area (Å²) in [5, 5.41) is 2.66. The lowest BCUT2D eigenvalue weighted by Gasteiger charge is -2.16. The zero-order valence-corrected chi connectivity index (χ0v) is 9.26. The van der Waals surface area contributed by atoms with E-state index in [4.69, 9.17) is 0 Å². The molecule has 13 heavy (non-hydrogen) atoms. The first-order valence-corrected chi connectivity index (χ1v) is 4.95. The first-order valence-electron chi connectivity index (χ1n) is 4.95. The van der Waals surface area contributed by atoms with Gasteiger partial charge in [0.05, 0.1) is 0 Å². The van der Waals surface area contributed by atoms with E-state index in [9.17, 15) is 4.79 Å². The van der Waals surface area contributed by atoms with Gasteiger partial charge in [-0.2, -0.15) is 0 Å². The van der Waals surface area contributed by atoms with Crippen LogP contribution >= 0.6 is 0 Å². The van der Waals surface area contributed by atoms with Crippen molar-refractivity contribution < 1.29 is 4.79 Å². The third-order valence-electron chi connectivity index (χ3n) is 2.31. The molecule has 0 aliphatic carbocycles.